The number of carbonyl (C=O) groups is 1. The number of rotatable bonds is 3. The molecular formula is C27H27N5O2. The maximum atomic E-state index is 12.8. The molecule has 2 aliphatic rings. The Morgan fingerprint density at radius 2 is 1.71 bits per heavy atom. The molecule has 1 N–H and O–H groups in total. The van der Waals surface area contributed by atoms with Crippen molar-refractivity contribution in [3.8, 4) is 6.07 Å². The molecule has 2 aromatic carbocycles. The van der Waals surface area contributed by atoms with Crippen LogP contribution in [0.25, 0.3) is 21.9 Å². The molecule has 0 bridgehead atoms. The van der Waals surface area contributed by atoms with Crippen molar-refractivity contribution in [2.75, 3.05) is 49.1 Å². The van der Waals surface area contributed by atoms with E-state index >= 15 is 0 Å². The molecule has 0 radical (unpaired) electrons. The van der Waals surface area contributed by atoms with Crippen molar-refractivity contribution >= 4 is 39.2 Å². The Morgan fingerprint density at radius 3 is 2.50 bits per heavy atom. The van der Waals surface area contributed by atoms with Crippen LogP contribution in [0.1, 0.15) is 35.4 Å². The Hall–Kier alpha value is -3.92. The summed E-state index contributed by atoms with van der Waals surface area (Å²) in [6.07, 6.45) is 5.25. The maximum absolute atomic E-state index is 12.8. The summed E-state index contributed by atoms with van der Waals surface area (Å²) in [5.74, 6) is 0.431. The highest BCUT2D eigenvalue weighted by molar-refractivity contribution is 5.97. The van der Waals surface area contributed by atoms with E-state index in [-0.39, 0.29) is 5.91 Å². The van der Waals surface area contributed by atoms with Crippen molar-refractivity contribution in [1.82, 2.24) is 9.88 Å². The summed E-state index contributed by atoms with van der Waals surface area (Å²) in [6.45, 7) is 5.01. The van der Waals surface area contributed by atoms with E-state index in [0.717, 1.165) is 85.4 Å². The number of piperidine rings is 1. The molecule has 2 fully saturated rings. The van der Waals surface area contributed by atoms with Gasteiger partial charge in [0, 0.05) is 67.4 Å². The molecule has 1 amide bonds. The molecule has 0 unspecified atom stereocenters. The second-order valence-corrected chi connectivity index (χ2v) is 9.17. The molecule has 4 heterocycles. The lowest BCUT2D eigenvalue weighted by Gasteiger charge is -2.38. The molecule has 2 aliphatic heterocycles. The number of aromatic amines is 1. The van der Waals surface area contributed by atoms with Gasteiger partial charge in [-0.1, -0.05) is 0 Å². The molecule has 7 heteroatoms. The minimum Gasteiger partial charge on any atom is -0.451 e. The number of anilines is 2. The number of hydrogen-bond donors (Lipinski definition) is 1. The minimum absolute atomic E-state index is 0.00158. The summed E-state index contributed by atoms with van der Waals surface area (Å²) in [4.78, 5) is 22.7. The molecule has 7 nitrogen and oxygen atoms in total. The molecule has 172 valence electrons. The van der Waals surface area contributed by atoms with Crippen LogP contribution >= 0.6 is 0 Å². The number of benzene rings is 2. The molecular weight excluding hydrogens is 426 g/mol. The quantitative estimate of drug-likeness (QED) is 0.485. The summed E-state index contributed by atoms with van der Waals surface area (Å²) in [5, 5.41) is 11.7. The lowest BCUT2D eigenvalue weighted by molar-refractivity contribution is 0.0694. The third-order valence-electron chi connectivity index (χ3n) is 7.14. The van der Waals surface area contributed by atoms with Crippen molar-refractivity contribution in [2.45, 2.75) is 19.3 Å². The van der Waals surface area contributed by atoms with Gasteiger partial charge in [0.25, 0.3) is 5.91 Å². The molecule has 4 aromatic rings. The predicted molar refractivity (Wildman–Crippen MR) is 133 cm³/mol. The number of aromatic nitrogens is 1. The number of piperazine rings is 1. The third-order valence-corrected chi connectivity index (χ3v) is 7.14. The fourth-order valence-electron chi connectivity index (χ4n) is 5.32. The molecule has 34 heavy (non-hydrogen) atoms. The number of H-pyrrole nitrogens is 1. The zero-order chi connectivity index (χ0) is 23.1. The summed E-state index contributed by atoms with van der Waals surface area (Å²) in [6, 6.07) is 16.3. The van der Waals surface area contributed by atoms with E-state index in [2.05, 4.69) is 33.0 Å². The molecule has 0 aliphatic carbocycles. The highest BCUT2D eigenvalue weighted by atomic mass is 16.3. The Morgan fingerprint density at radius 1 is 0.912 bits per heavy atom. The van der Waals surface area contributed by atoms with Crippen LogP contribution in [-0.4, -0.2) is 55.1 Å². The van der Waals surface area contributed by atoms with Gasteiger partial charge in [0.05, 0.1) is 11.3 Å². The average Bonchev–Trinajstić information content (AvgIpc) is 3.55. The Labute approximate surface area is 198 Å². The monoisotopic (exact) mass is 453 g/mol. The van der Waals surface area contributed by atoms with Gasteiger partial charge in [0.15, 0.2) is 5.76 Å². The number of nitriles is 1. The van der Waals surface area contributed by atoms with Crippen LogP contribution in [0, 0.1) is 11.3 Å². The van der Waals surface area contributed by atoms with Gasteiger partial charge in [0.2, 0.25) is 0 Å². The lowest BCUT2D eigenvalue weighted by Crippen LogP contribution is -2.46. The smallest absolute Gasteiger partial charge is 0.289 e. The molecule has 0 spiro atoms. The van der Waals surface area contributed by atoms with Crippen molar-refractivity contribution in [3.63, 3.8) is 0 Å². The Kier molecular flexibility index (Phi) is 5.14. The zero-order valence-corrected chi connectivity index (χ0v) is 19.1. The largest absolute Gasteiger partial charge is 0.451 e. The van der Waals surface area contributed by atoms with E-state index < -0.39 is 0 Å². The van der Waals surface area contributed by atoms with Gasteiger partial charge >= 0.3 is 0 Å². The third kappa shape index (κ3) is 3.56. The van der Waals surface area contributed by atoms with Crippen molar-refractivity contribution < 1.29 is 9.21 Å². The standard InChI is InChI=1S/C27H27N5O2/c28-18-19-4-6-23-22(8-9-29-23)26(19)31-14-12-30(13-15-31)21-5-7-24-20(16-21)17-25(34-24)27(33)32-10-2-1-3-11-32/h4-9,16-17,29H,1-3,10-15H2. The van der Waals surface area contributed by atoms with E-state index in [0.29, 0.717) is 11.3 Å². The number of furan rings is 1. The molecule has 2 aromatic heterocycles. The van der Waals surface area contributed by atoms with Crippen molar-refractivity contribution in [3.05, 3.63) is 60.0 Å². The number of fused-ring (bicyclic) bond motifs is 2. The van der Waals surface area contributed by atoms with E-state index in [1.807, 2.05) is 41.4 Å². The van der Waals surface area contributed by atoms with Crippen LogP contribution in [0.3, 0.4) is 0 Å². The van der Waals surface area contributed by atoms with Crippen LogP contribution < -0.4 is 9.80 Å². The fourth-order valence-corrected chi connectivity index (χ4v) is 5.32. The number of nitrogens with zero attached hydrogens (tertiary/aromatic N) is 4. The van der Waals surface area contributed by atoms with Gasteiger partial charge in [-0.3, -0.25) is 4.79 Å². The number of carbonyl (C=O) groups excluding carboxylic acids is 1. The van der Waals surface area contributed by atoms with Crippen LogP contribution in [0.2, 0.25) is 0 Å². The first-order chi connectivity index (χ1) is 16.7. The van der Waals surface area contributed by atoms with Crippen LogP contribution in [0.5, 0.6) is 0 Å². The lowest BCUT2D eigenvalue weighted by atomic mass is 10.1. The van der Waals surface area contributed by atoms with Crippen LogP contribution in [-0.2, 0) is 0 Å². The maximum Gasteiger partial charge on any atom is 0.289 e. The Bertz CT molecular complexity index is 1400. The van der Waals surface area contributed by atoms with E-state index in [4.69, 9.17) is 4.42 Å². The van der Waals surface area contributed by atoms with Crippen molar-refractivity contribution in [2.24, 2.45) is 0 Å². The number of hydrogen-bond acceptors (Lipinski definition) is 5. The number of likely N-dealkylation sites (tertiary alicyclic amines) is 1. The van der Waals surface area contributed by atoms with Gasteiger partial charge in [-0.05, 0) is 61.7 Å². The van der Waals surface area contributed by atoms with Gasteiger partial charge in [0.1, 0.15) is 11.7 Å². The molecule has 0 atom stereocenters. The predicted octanol–water partition coefficient (Wildman–Crippen LogP) is 4.74. The van der Waals surface area contributed by atoms with E-state index in [9.17, 15) is 10.1 Å². The molecule has 6 rings (SSSR count). The zero-order valence-electron chi connectivity index (χ0n) is 19.1. The average molecular weight is 454 g/mol. The fraction of sp³-hybridized carbons (Fsp3) is 0.333. The van der Waals surface area contributed by atoms with Crippen LogP contribution in [0.15, 0.2) is 53.1 Å². The summed E-state index contributed by atoms with van der Waals surface area (Å²) in [5.41, 5.74) is 4.67. The van der Waals surface area contributed by atoms with Gasteiger partial charge in [-0.25, -0.2) is 0 Å². The summed E-state index contributed by atoms with van der Waals surface area (Å²) < 4.78 is 5.91. The number of amides is 1. The van der Waals surface area contributed by atoms with E-state index in [1.54, 1.807) is 0 Å². The highest BCUT2D eigenvalue weighted by Crippen LogP contribution is 2.32. The van der Waals surface area contributed by atoms with Gasteiger partial charge in [-0.2, -0.15) is 5.26 Å². The Balaban J connectivity index is 1.20. The van der Waals surface area contributed by atoms with Gasteiger partial charge in [-0.15, -0.1) is 0 Å². The van der Waals surface area contributed by atoms with E-state index in [1.165, 1.54) is 6.42 Å². The summed E-state index contributed by atoms with van der Waals surface area (Å²) in [7, 11) is 0. The molecule has 2 saturated heterocycles. The first-order valence-electron chi connectivity index (χ1n) is 12.0. The second-order valence-electron chi connectivity index (χ2n) is 9.17. The minimum atomic E-state index is -0.00158. The first-order valence-corrected chi connectivity index (χ1v) is 12.0. The second kappa shape index (κ2) is 8.45. The van der Waals surface area contributed by atoms with Gasteiger partial charge < -0.3 is 24.1 Å². The normalized spacial score (nSPS) is 16.9. The van der Waals surface area contributed by atoms with Crippen LogP contribution in [0.4, 0.5) is 11.4 Å². The first kappa shape index (κ1) is 20.7. The number of nitrogens with one attached hydrogen (secondary N) is 1. The SMILES string of the molecule is N#Cc1ccc2[nH]ccc2c1N1CCN(c2ccc3oc(C(=O)N4CCCCC4)cc3c2)CC1. The summed E-state index contributed by atoms with van der Waals surface area (Å²) >= 11 is 0. The van der Waals surface area contributed by atoms with Crippen molar-refractivity contribution in [1.29, 1.82) is 5.26 Å². The highest BCUT2D eigenvalue weighted by Gasteiger charge is 2.24. The molecule has 0 saturated carbocycles. The topological polar surface area (TPSA) is 79.5 Å².